The molecule has 13 heteroatoms. The first-order valence-corrected chi connectivity index (χ1v) is 11.9. The zero-order valence-corrected chi connectivity index (χ0v) is 20.4. The predicted octanol–water partition coefficient (Wildman–Crippen LogP) is -0.508. The molecular weight excluding hydrogens is 486 g/mol. The summed E-state index contributed by atoms with van der Waals surface area (Å²) in [5, 5.41) is 17.5. The van der Waals surface area contributed by atoms with Crippen LogP contribution in [0.2, 0.25) is 0 Å². The van der Waals surface area contributed by atoms with E-state index in [9.17, 15) is 19.2 Å². The number of thiol groups is 1. The quantitative estimate of drug-likeness (QED) is 0.149. The summed E-state index contributed by atoms with van der Waals surface area (Å²) in [5.41, 5.74) is 8.35. The van der Waals surface area contributed by atoms with Gasteiger partial charge in [0.05, 0.1) is 12.4 Å². The molecule has 0 spiro atoms. The van der Waals surface area contributed by atoms with Crippen LogP contribution in [-0.4, -0.2) is 73.7 Å². The number of hydrogen-bond donors (Lipinski definition) is 8. The number of amides is 3. The molecule has 2 heterocycles. The number of para-hydroxylation sites is 1. The van der Waals surface area contributed by atoms with Gasteiger partial charge in [0.15, 0.2) is 0 Å². The van der Waals surface area contributed by atoms with Crippen molar-refractivity contribution in [1.29, 1.82) is 0 Å². The van der Waals surface area contributed by atoms with Crippen molar-refractivity contribution in [3.05, 3.63) is 54.2 Å². The van der Waals surface area contributed by atoms with Gasteiger partial charge in [-0.05, 0) is 18.6 Å². The second-order valence-electron chi connectivity index (χ2n) is 8.32. The van der Waals surface area contributed by atoms with Crippen molar-refractivity contribution in [2.24, 2.45) is 5.73 Å². The Morgan fingerprint density at radius 2 is 1.72 bits per heavy atom. The molecule has 36 heavy (non-hydrogen) atoms. The topological polar surface area (TPSA) is 195 Å². The fourth-order valence-corrected chi connectivity index (χ4v) is 3.83. The van der Waals surface area contributed by atoms with Gasteiger partial charge in [0, 0.05) is 47.6 Å². The first-order valence-electron chi connectivity index (χ1n) is 11.2. The van der Waals surface area contributed by atoms with Crippen LogP contribution in [0.1, 0.15) is 18.2 Å². The number of benzene rings is 1. The lowest BCUT2D eigenvalue weighted by atomic mass is 10.0. The van der Waals surface area contributed by atoms with E-state index in [0.29, 0.717) is 5.69 Å². The van der Waals surface area contributed by atoms with E-state index in [-0.39, 0.29) is 18.6 Å². The number of carbonyl (C=O) groups excluding carboxylic acids is 3. The Bertz CT molecular complexity index is 1210. The zero-order chi connectivity index (χ0) is 26.2. The highest BCUT2D eigenvalue weighted by Gasteiger charge is 2.29. The molecule has 0 aliphatic rings. The molecule has 4 atom stereocenters. The van der Waals surface area contributed by atoms with Crippen LogP contribution in [0.15, 0.2) is 43.0 Å². The average Bonchev–Trinajstić information content (AvgIpc) is 3.51. The van der Waals surface area contributed by atoms with E-state index in [1.807, 2.05) is 24.3 Å². The molecule has 3 amide bonds. The van der Waals surface area contributed by atoms with Crippen molar-refractivity contribution < 1.29 is 24.3 Å². The van der Waals surface area contributed by atoms with E-state index >= 15 is 0 Å². The smallest absolute Gasteiger partial charge is 0.325 e. The van der Waals surface area contributed by atoms with Gasteiger partial charge in [0.2, 0.25) is 17.7 Å². The summed E-state index contributed by atoms with van der Waals surface area (Å²) >= 11 is 4.12. The Hall–Kier alpha value is -3.84. The van der Waals surface area contributed by atoms with Crippen LogP contribution in [-0.2, 0) is 32.0 Å². The number of carboxylic acid groups (broad SMARTS) is 1. The van der Waals surface area contributed by atoms with Gasteiger partial charge in [-0.25, -0.2) is 4.98 Å². The van der Waals surface area contributed by atoms with E-state index in [1.54, 1.807) is 12.4 Å². The van der Waals surface area contributed by atoms with E-state index in [1.165, 1.54) is 13.3 Å². The molecule has 4 unspecified atom stereocenters. The van der Waals surface area contributed by atoms with Gasteiger partial charge in [-0.1, -0.05) is 18.2 Å². The Morgan fingerprint density at radius 1 is 1.03 bits per heavy atom. The minimum absolute atomic E-state index is 0.0863. The Kier molecular flexibility index (Phi) is 9.08. The molecule has 0 saturated carbocycles. The highest BCUT2D eigenvalue weighted by molar-refractivity contribution is 7.80. The van der Waals surface area contributed by atoms with Crippen molar-refractivity contribution in [3.8, 4) is 0 Å². The molecule has 2 aromatic heterocycles. The van der Waals surface area contributed by atoms with Gasteiger partial charge in [-0.3, -0.25) is 19.2 Å². The maximum atomic E-state index is 13.3. The third-order valence-corrected chi connectivity index (χ3v) is 5.97. The summed E-state index contributed by atoms with van der Waals surface area (Å²) in [7, 11) is 0. The summed E-state index contributed by atoms with van der Waals surface area (Å²) in [6, 6.07) is 3.20. The Morgan fingerprint density at radius 3 is 2.39 bits per heavy atom. The highest BCUT2D eigenvalue weighted by atomic mass is 32.1. The third kappa shape index (κ3) is 6.86. The van der Waals surface area contributed by atoms with Crippen LogP contribution in [0, 0.1) is 0 Å². The monoisotopic (exact) mass is 515 g/mol. The number of carbonyl (C=O) groups is 4. The number of aromatic nitrogens is 3. The first kappa shape index (κ1) is 26.8. The first-order chi connectivity index (χ1) is 17.2. The molecular formula is C23H29N7O5S. The molecule has 192 valence electrons. The number of H-pyrrole nitrogens is 2. The summed E-state index contributed by atoms with van der Waals surface area (Å²) in [4.78, 5) is 59.6. The van der Waals surface area contributed by atoms with Gasteiger partial charge in [0.25, 0.3) is 0 Å². The number of nitrogens with one attached hydrogen (secondary N) is 5. The van der Waals surface area contributed by atoms with Gasteiger partial charge >= 0.3 is 5.97 Å². The maximum absolute atomic E-state index is 13.3. The predicted molar refractivity (Wildman–Crippen MR) is 135 cm³/mol. The third-order valence-electron chi connectivity index (χ3n) is 5.61. The number of carboxylic acids is 1. The molecule has 0 aliphatic carbocycles. The summed E-state index contributed by atoms with van der Waals surface area (Å²) in [6.07, 6.45) is 5.07. The van der Waals surface area contributed by atoms with Crippen LogP contribution < -0.4 is 21.7 Å². The molecule has 1 aromatic carbocycles. The maximum Gasteiger partial charge on any atom is 0.325 e. The molecule has 0 saturated heterocycles. The number of nitrogens with two attached hydrogens (primary N) is 1. The number of nitrogens with zero attached hydrogens (tertiary/aromatic N) is 1. The summed E-state index contributed by atoms with van der Waals surface area (Å²) in [6.45, 7) is 1.30. The number of hydrogen-bond acceptors (Lipinski definition) is 7. The van der Waals surface area contributed by atoms with Crippen molar-refractivity contribution in [1.82, 2.24) is 30.9 Å². The second kappa shape index (κ2) is 12.2. The fraction of sp³-hybridized carbons (Fsp3) is 0.348. The molecule has 12 nitrogen and oxygen atoms in total. The minimum Gasteiger partial charge on any atom is -0.480 e. The molecule has 0 aliphatic heterocycles. The summed E-state index contributed by atoms with van der Waals surface area (Å²) in [5.74, 6) is -3.21. The molecule has 3 aromatic rings. The zero-order valence-electron chi connectivity index (χ0n) is 19.5. The van der Waals surface area contributed by atoms with Gasteiger partial charge in [-0.15, -0.1) is 0 Å². The van der Waals surface area contributed by atoms with Gasteiger partial charge in [0.1, 0.15) is 18.1 Å². The van der Waals surface area contributed by atoms with Crippen molar-refractivity contribution >= 4 is 47.2 Å². The van der Waals surface area contributed by atoms with E-state index < -0.39 is 47.9 Å². The molecule has 3 rings (SSSR count). The molecule has 0 bridgehead atoms. The Balaban J connectivity index is 1.77. The van der Waals surface area contributed by atoms with Crippen molar-refractivity contribution in [2.45, 2.75) is 43.9 Å². The van der Waals surface area contributed by atoms with Gasteiger partial charge < -0.3 is 36.8 Å². The highest BCUT2D eigenvalue weighted by Crippen LogP contribution is 2.19. The van der Waals surface area contributed by atoms with Crippen LogP contribution in [0.5, 0.6) is 0 Å². The average molecular weight is 516 g/mol. The molecule has 8 N–H and O–H groups in total. The molecule has 0 radical (unpaired) electrons. The lowest BCUT2D eigenvalue weighted by Gasteiger charge is -2.24. The van der Waals surface area contributed by atoms with E-state index in [0.717, 1.165) is 16.5 Å². The lowest BCUT2D eigenvalue weighted by Crippen LogP contribution is -2.58. The van der Waals surface area contributed by atoms with E-state index in [4.69, 9.17) is 10.8 Å². The number of rotatable bonds is 12. The second-order valence-corrected chi connectivity index (χ2v) is 8.69. The minimum atomic E-state index is -1.22. The number of aromatic amines is 2. The van der Waals surface area contributed by atoms with Crippen LogP contribution in [0.4, 0.5) is 0 Å². The normalized spacial score (nSPS) is 14.4. The fourth-order valence-electron chi connectivity index (χ4n) is 3.58. The lowest BCUT2D eigenvalue weighted by molar-refractivity contribution is -0.141. The van der Waals surface area contributed by atoms with Crippen LogP contribution in [0.25, 0.3) is 10.9 Å². The van der Waals surface area contributed by atoms with Gasteiger partial charge in [-0.2, -0.15) is 12.6 Å². The largest absolute Gasteiger partial charge is 0.480 e. The van der Waals surface area contributed by atoms with Crippen molar-refractivity contribution in [2.75, 3.05) is 5.75 Å². The van der Waals surface area contributed by atoms with E-state index in [2.05, 4.69) is 43.5 Å². The number of aliphatic carboxylic acids is 1. The number of imidazole rings is 1. The summed E-state index contributed by atoms with van der Waals surface area (Å²) < 4.78 is 0. The standard InChI is InChI=1S/C23H29N7O5S/c1-12(23(34)35)28-22(33)19(10-36)30-21(32)18(6-13-8-26-17-5-3-2-4-15(13)17)29-20(31)16(24)7-14-9-25-11-27-14/h2-5,8-9,11-12,16,18-19,26,36H,6-7,10,24H2,1H3,(H,25,27)(H,28,33)(H,29,31)(H,30,32)(H,34,35). The Labute approximate surface area is 212 Å². The van der Waals surface area contributed by atoms with Crippen LogP contribution in [0.3, 0.4) is 0 Å². The van der Waals surface area contributed by atoms with Crippen molar-refractivity contribution in [3.63, 3.8) is 0 Å². The number of fused-ring (bicyclic) bond motifs is 1. The SMILES string of the molecule is CC(NC(=O)C(CS)NC(=O)C(Cc1c[nH]c2ccccc12)NC(=O)C(N)Cc1cnc[nH]1)C(=O)O. The molecule has 0 fully saturated rings. The van der Waals surface area contributed by atoms with Crippen LogP contribution >= 0.6 is 12.6 Å².